The van der Waals surface area contributed by atoms with E-state index in [4.69, 9.17) is 18.9 Å². The molecule has 2 aromatic rings. The molecule has 122 valence electrons. The summed E-state index contributed by atoms with van der Waals surface area (Å²) in [7, 11) is 4.63. The molecule has 0 atom stereocenters. The molecule has 5 nitrogen and oxygen atoms in total. The molecule has 0 saturated carbocycles. The van der Waals surface area contributed by atoms with Crippen molar-refractivity contribution in [2.45, 2.75) is 13.5 Å². The SMILES string of the molecule is COc1ccc(C(=O)OCc2cc(C)ccc2OC)c(OC)c1. The highest BCUT2D eigenvalue weighted by Gasteiger charge is 2.16. The van der Waals surface area contributed by atoms with E-state index >= 15 is 0 Å². The molecular weight excluding hydrogens is 296 g/mol. The molecule has 0 aliphatic heterocycles. The van der Waals surface area contributed by atoms with Gasteiger partial charge in [0.2, 0.25) is 0 Å². The van der Waals surface area contributed by atoms with Gasteiger partial charge in [-0.3, -0.25) is 0 Å². The summed E-state index contributed by atoms with van der Waals surface area (Å²) in [5.74, 6) is 1.24. The molecule has 2 aromatic carbocycles. The second kappa shape index (κ2) is 7.54. The number of carbonyl (C=O) groups is 1. The van der Waals surface area contributed by atoms with E-state index < -0.39 is 5.97 Å². The third-order valence-corrected chi connectivity index (χ3v) is 3.42. The van der Waals surface area contributed by atoms with Gasteiger partial charge in [-0.25, -0.2) is 4.79 Å². The largest absolute Gasteiger partial charge is 0.497 e. The zero-order valence-corrected chi connectivity index (χ0v) is 13.7. The fraction of sp³-hybridized carbons (Fsp3) is 0.278. The Morgan fingerprint density at radius 2 is 1.65 bits per heavy atom. The van der Waals surface area contributed by atoms with Gasteiger partial charge in [0.15, 0.2) is 0 Å². The zero-order chi connectivity index (χ0) is 16.8. The Labute approximate surface area is 135 Å². The molecular formula is C18H20O5. The first-order valence-corrected chi connectivity index (χ1v) is 7.11. The minimum Gasteiger partial charge on any atom is -0.497 e. The van der Waals surface area contributed by atoms with Gasteiger partial charge in [-0.15, -0.1) is 0 Å². The molecule has 0 aliphatic rings. The number of benzene rings is 2. The number of hydrogen-bond donors (Lipinski definition) is 0. The standard InChI is InChI=1S/C18H20O5/c1-12-5-8-16(21-3)13(9-12)11-23-18(19)15-7-6-14(20-2)10-17(15)22-4/h5-10H,11H2,1-4H3. The smallest absolute Gasteiger partial charge is 0.342 e. The quantitative estimate of drug-likeness (QED) is 0.765. The van der Waals surface area contributed by atoms with Crippen LogP contribution in [0.2, 0.25) is 0 Å². The van der Waals surface area contributed by atoms with E-state index in [0.29, 0.717) is 22.8 Å². The van der Waals surface area contributed by atoms with Crippen LogP contribution in [-0.2, 0) is 11.3 Å². The van der Waals surface area contributed by atoms with Crippen molar-refractivity contribution in [1.82, 2.24) is 0 Å². The molecule has 0 N–H and O–H groups in total. The topological polar surface area (TPSA) is 54.0 Å². The van der Waals surface area contributed by atoms with Crippen molar-refractivity contribution in [3.8, 4) is 17.2 Å². The number of ether oxygens (including phenoxy) is 4. The first-order valence-electron chi connectivity index (χ1n) is 7.11. The normalized spacial score (nSPS) is 10.1. The highest BCUT2D eigenvalue weighted by atomic mass is 16.5. The number of esters is 1. The molecule has 2 rings (SSSR count). The van der Waals surface area contributed by atoms with Crippen LogP contribution in [0.5, 0.6) is 17.2 Å². The van der Waals surface area contributed by atoms with Crippen LogP contribution in [0.3, 0.4) is 0 Å². The highest BCUT2D eigenvalue weighted by molar-refractivity contribution is 5.92. The lowest BCUT2D eigenvalue weighted by molar-refractivity contribution is 0.0466. The van der Waals surface area contributed by atoms with E-state index in [1.165, 1.54) is 7.11 Å². The lowest BCUT2D eigenvalue weighted by Crippen LogP contribution is -2.08. The Balaban J connectivity index is 2.15. The van der Waals surface area contributed by atoms with E-state index in [2.05, 4.69) is 0 Å². The van der Waals surface area contributed by atoms with Crippen molar-refractivity contribution in [2.75, 3.05) is 21.3 Å². The number of methoxy groups -OCH3 is 3. The summed E-state index contributed by atoms with van der Waals surface area (Å²) in [5.41, 5.74) is 2.23. The van der Waals surface area contributed by atoms with E-state index in [9.17, 15) is 4.79 Å². The van der Waals surface area contributed by atoms with Gasteiger partial charge >= 0.3 is 5.97 Å². The fourth-order valence-electron chi connectivity index (χ4n) is 2.21. The van der Waals surface area contributed by atoms with Gasteiger partial charge in [0.1, 0.15) is 29.4 Å². The summed E-state index contributed by atoms with van der Waals surface area (Å²) < 4.78 is 21.0. The maximum absolute atomic E-state index is 12.3. The maximum Gasteiger partial charge on any atom is 0.342 e. The van der Waals surface area contributed by atoms with Crippen molar-refractivity contribution < 1.29 is 23.7 Å². The van der Waals surface area contributed by atoms with Crippen molar-refractivity contribution in [3.63, 3.8) is 0 Å². The number of carbonyl (C=O) groups excluding carboxylic acids is 1. The molecule has 0 heterocycles. The minimum absolute atomic E-state index is 0.124. The van der Waals surface area contributed by atoms with E-state index in [1.54, 1.807) is 32.4 Å². The molecule has 0 spiro atoms. The third kappa shape index (κ3) is 3.94. The van der Waals surface area contributed by atoms with Crippen LogP contribution in [0.4, 0.5) is 0 Å². The Morgan fingerprint density at radius 3 is 2.30 bits per heavy atom. The summed E-state index contributed by atoms with van der Waals surface area (Å²) in [5, 5.41) is 0. The van der Waals surface area contributed by atoms with E-state index in [0.717, 1.165) is 11.1 Å². The van der Waals surface area contributed by atoms with Crippen LogP contribution in [-0.4, -0.2) is 27.3 Å². The number of hydrogen-bond acceptors (Lipinski definition) is 5. The van der Waals surface area contributed by atoms with Gasteiger partial charge in [0.25, 0.3) is 0 Å². The summed E-state index contributed by atoms with van der Waals surface area (Å²) >= 11 is 0. The van der Waals surface area contributed by atoms with Crippen LogP contribution < -0.4 is 14.2 Å². The molecule has 0 unspecified atom stereocenters. The van der Waals surface area contributed by atoms with E-state index in [1.807, 2.05) is 25.1 Å². The lowest BCUT2D eigenvalue weighted by Gasteiger charge is -2.12. The monoisotopic (exact) mass is 316 g/mol. The van der Waals surface area contributed by atoms with Crippen LogP contribution in [0.1, 0.15) is 21.5 Å². The Morgan fingerprint density at radius 1 is 0.913 bits per heavy atom. The van der Waals surface area contributed by atoms with Crippen molar-refractivity contribution in [3.05, 3.63) is 53.1 Å². The second-order valence-electron chi connectivity index (χ2n) is 4.96. The van der Waals surface area contributed by atoms with Gasteiger partial charge in [-0.2, -0.15) is 0 Å². The van der Waals surface area contributed by atoms with Crippen LogP contribution >= 0.6 is 0 Å². The fourth-order valence-corrected chi connectivity index (χ4v) is 2.21. The number of aryl methyl sites for hydroxylation is 1. The van der Waals surface area contributed by atoms with Crippen LogP contribution in [0.25, 0.3) is 0 Å². The van der Waals surface area contributed by atoms with Gasteiger partial charge in [-0.05, 0) is 31.2 Å². The second-order valence-corrected chi connectivity index (χ2v) is 4.96. The minimum atomic E-state index is -0.465. The van der Waals surface area contributed by atoms with Gasteiger partial charge in [0, 0.05) is 11.6 Å². The average molecular weight is 316 g/mol. The summed E-state index contributed by atoms with van der Waals surface area (Å²) in [6.07, 6.45) is 0. The van der Waals surface area contributed by atoms with Gasteiger partial charge in [-0.1, -0.05) is 11.6 Å². The molecule has 0 aliphatic carbocycles. The van der Waals surface area contributed by atoms with Crippen molar-refractivity contribution in [2.24, 2.45) is 0 Å². The van der Waals surface area contributed by atoms with Crippen LogP contribution in [0, 0.1) is 6.92 Å². The molecule has 0 amide bonds. The molecule has 0 fully saturated rings. The predicted octanol–water partition coefficient (Wildman–Crippen LogP) is 3.38. The van der Waals surface area contributed by atoms with Crippen molar-refractivity contribution in [1.29, 1.82) is 0 Å². The zero-order valence-electron chi connectivity index (χ0n) is 13.7. The Kier molecular flexibility index (Phi) is 5.46. The Hall–Kier alpha value is -2.69. The highest BCUT2D eigenvalue weighted by Crippen LogP contribution is 2.26. The van der Waals surface area contributed by atoms with E-state index in [-0.39, 0.29) is 6.61 Å². The lowest BCUT2D eigenvalue weighted by atomic mass is 10.1. The molecule has 5 heteroatoms. The van der Waals surface area contributed by atoms with Gasteiger partial charge < -0.3 is 18.9 Å². The maximum atomic E-state index is 12.3. The molecule has 0 radical (unpaired) electrons. The molecule has 0 bridgehead atoms. The predicted molar refractivity (Wildman–Crippen MR) is 86.4 cm³/mol. The first-order chi connectivity index (χ1) is 11.1. The molecule has 0 aromatic heterocycles. The summed E-state index contributed by atoms with van der Waals surface area (Å²) in [6, 6.07) is 10.7. The summed E-state index contributed by atoms with van der Waals surface area (Å²) in [4.78, 5) is 12.3. The van der Waals surface area contributed by atoms with Crippen molar-refractivity contribution >= 4 is 5.97 Å². The van der Waals surface area contributed by atoms with Crippen LogP contribution in [0.15, 0.2) is 36.4 Å². The number of rotatable bonds is 6. The molecule has 0 saturated heterocycles. The average Bonchev–Trinajstić information content (AvgIpc) is 2.59. The third-order valence-electron chi connectivity index (χ3n) is 3.42. The Bertz CT molecular complexity index is 694. The van der Waals surface area contributed by atoms with Gasteiger partial charge in [0.05, 0.1) is 21.3 Å². The molecule has 23 heavy (non-hydrogen) atoms. The summed E-state index contributed by atoms with van der Waals surface area (Å²) in [6.45, 7) is 2.09. The first kappa shape index (κ1) is 16.7.